The fraction of sp³-hybridized carbons (Fsp3) is 0.391. The number of allylic oxidation sites excluding steroid dienone is 5. The maximum atomic E-state index is 5.55. The summed E-state index contributed by atoms with van der Waals surface area (Å²) in [6.07, 6.45) is 16.2. The van der Waals surface area contributed by atoms with Gasteiger partial charge in [0.05, 0.1) is 0 Å². The van der Waals surface area contributed by atoms with Crippen LogP contribution in [-0.4, -0.2) is 12.6 Å². The first-order valence-corrected chi connectivity index (χ1v) is 9.23. The first-order chi connectivity index (χ1) is 12.1. The number of nitrogens with two attached hydrogens (primary N) is 1. The van der Waals surface area contributed by atoms with Gasteiger partial charge in [0.15, 0.2) is 0 Å². The third-order valence-electron chi connectivity index (χ3n) is 3.51. The van der Waals surface area contributed by atoms with Crippen molar-refractivity contribution in [2.24, 2.45) is 5.73 Å². The van der Waals surface area contributed by atoms with Gasteiger partial charge in [0.25, 0.3) is 0 Å². The molecule has 0 aliphatic heterocycles. The number of rotatable bonds is 11. The summed E-state index contributed by atoms with van der Waals surface area (Å²) in [5.74, 6) is 0. The molecule has 0 aliphatic rings. The second kappa shape index (κ2) is 16.8. The van der Waals surface area contributed by atoms with E-state index in [1.807, 2.05) is 26.0 Å². The summed E-state index contributed by atoms with van der Waals surface area (Å²) in [5.41, 5.74) is 7.90. The van der Waals surface area contributed by atoms with E-state index >= 15 is 0 Å². The van der Waals surface area contributed by atoms with Gasteiger partial charge in [-0.15, -0.1) is 6.58 Å². The number of nitrogens with one attached hydrogen (secondary N) is 1. The molecule has 0 aliphatic carbocycles. The zero-order chi connectivity index (χ0) is 18.8. The number of benzene rings is 1. The molecule has 0 aromatic heterocycles. The summed E-state index contributed by atoms with van der Waals surface area (Å²) in [4.78, 5) is 0. The SMILES string of the molecule is C=C(/C=C/C=C/CCCCCc1ccccc1)NC(C)CN.C=CC. The molecule has 1 aromatic rings. The van der Waals surface area contributed by atoms with Gasteiger partial charge >= 0.3 is 0 Å². The van der Waals surface area contributed by atoms with Crippen molar-refractivity contribution in [3.63, 3.8) is 0 Å². The summed E-state index contributed by atoms with van der Waals surface area (Å²) in [6.45, 7) is 11.9. The summed E-state index contributed by atoms with van der Waals surface area (Å²) >= 11 is 0. The van der Waals surface area contributed by atoms with Crippen LogP contribution in [0, 0.1) is 0 Å². The Bertz CT molecular complexity index is 500. The Labute approximate surface area is 155 Å². The van der Waals surface area contributed by atoms with Crippen molar-refractivity contribution in [3.8, 4) is 0 Å². The molecule has 25 heavy (non-hydrogen) atoms. The quantitative estimate of drug-likeness (QED) is 0.315. The molecule has 0 radical (unpaired) electrons. The smallest absolute Gasteiger partial charge is 0.0355 e. The van der Waals surface area contributed by atoms with E-state index in [2.05, 4.69) is 61.0 Å². The highest BCUT2D eigenvalue weighted by Gasteiger charge is 1.95. The van der Waals surface area contributed by atoms with Gasteiger partial charge in [0.1, 0.15) is 0 Å². The Morgan fingerprint density at radius 1 is 1.16 bits per heavy atom. The second-order valence-corrected chi connectivity index (χ2v) is 6.09. The van der Waals surface area contributed by atoms with Crippen molar-refractivity contribution in [2.45, 2.75) is 52.0 Å². The molecule has 0 fully saturated rings. The molecule has 0 saturated heterocycles. The maximum absolute atomic E-state index is 5.55. The predicted molar refractivity (Wildman–Crippen MR) is 114 cm³/mol. The van der Waals surface area contributed by atoms with Crippen molar-refractivity contribution in [2.75, 3.05) is 6.54 Å². The lowest BCUT2D eigenvalue weighted by Crippen LogP contribution is -2.31. The van der Waals surface area contributed by atoms with E-state index in [1.54, 1.807) is 6.08 Å². The molecule has 2 heteroatoms. The van der Waals surface area contributed by atoms with E-state index in [1.165, 1.54) is 31.2 Å². The average molecular weight is 341 g/mol. The highest BCUT2D eigenvalue weighted by atomic mass is 14.9. The summed E-state index contributed by atoms with van der Waals surface area (Å²) in [5, 5.41) is 3.22. The molecule has 3 N–H and O–H groups in total. The van der Waals surface area contributed by atoms with Crippen molar-refractivity contribution < 1.29 is 0 Å². The molecule has 0 saturated carbocycles. The number of aryl methyl sites for hydroxylation is 1. The molecule has 138 valence electrons. The van der Waals surface area contributed by atoms with Crippen LogP contribution in [0.4, 0.5) is 0 Å². The first-order valence-electron chi connectivity index (χ1n) is 9.23. The van der Waals surface area contributed by atoms with Gasteiger partial charge in [0, 0.05) is 18.3 Å². The van der Waals surface area contributed by atoms with Gasteiger partial charge in [-0.2, -0.15) is 0 Å². The zero-order valence-corrected chi connectivity index (χ0v) is 16.1. The van der Waals surface area contributed by atoms with E-state index in [0.29, 0.717) is 6.54 Å². The Morgan fingerprint density at radius 2 is 1.84 bits per heavy atom. The largest absolute Gasteiger partial charge is 0.382 e. The molecule has 0 spiro atoms. The molecule has 2 nitrogen and oxygen atoms in total. The molecule has 0 bridgehead atoms. The average Bonchev–Trinajstić information content (AvgIpc) is 2.61. The monoisotopic (exact) mass is 340 g/mol. The molecule has 1 aromatic carbocycles. The summed E-state index contributed by atoms with van der Waals surface area (Å²) < 4.78 is 0. The lowest BCUT2D eigenvalue weighted by atomic mass is 10.1. The molecular formula is C23H36N2. The van der Waals surface area contributed by atoms with Crippen LogP contribution in [-0.2, 0) is 6.42 Å². The Balaban J connectivity index is 0.00000178. The lowest BCUT2D eigenvalue weighted by molar-refractivity contribution is 0.634. The predicted octanol–water partition coefficient (Wildman–Crippen LogP) is 5.54. The van der Waals surface area contributed by atoms with E-state index in [4.69, 9.17) is 5.73 Å². The molecule has 1 atom stereocenters. The van der Waals surface area contributed by atoms with Gasteiger partial charge in [-0.1, -0.05) is 67.6 Å². The Hall–Kier alpha value is -2.06. The maximum Gasteiger partial charge on any atom is 0.0355 e. The van der Waals surface area contributed by atoms with Crippen LogP contribution in [0.15, 0.2) is 79.6 Å². The summed E-state index contributed by atoms with van der Waals surface area (Å²) in [6, 6.07) is 11.0. The van der Waals surface area contributed by atoms with E-state index < -0.39 is 0 Å². The highest BCUT2D eigenvalue weighted by Crippen LogP contribution is 2.07. The number of unbranched alkanes of at least 4 members (excludes halogenated alkanes) is 3. The van der Waals surface area contributed by atoms with Crippen molar-refractivity contribution in [3.05, 3.63) is 85.1 Å². The normalized spacial score (nSPS) is 11.8. The number of hydrogen-bond donors (Lipinski definition) is 2. The van der Waals surface area contributed by atoms with Gasteiger partial charge in [-0.25, -0.2) is 0 Å². The van der Waals surface area contributed by atoms with E-state index in [-0.39, 0.29) is 6.04 Å². The number of hydrogen-bond acceptors (Lipinski definition) is 2. The first kappa shape index (κ1) is 22.9. The van der Waals surface area contributed by atoms with Gasteiger partial charge in [-0.3, -0.25) is 0 Å². The van der Waals surface area contributed by atoms with Crippen LogP contribution >= 0.6 is 0 Å². The second-order valence-electron chi connectivity index (χ2n) is 6.09. The van der Waals surface area contributed by atoms with Crippen LogP contribution in [0.3, 0.4) is 0 Å². The zero-order valence-electron chi connectivity index (χ0n) is 16.1. The van der Waals surface area contributed by atoms with Crippen LogP contribution < -0.4 is 11.1 Å². The van der Waals surface area contributed by atoms with Crippen LogP contribution in [0.5, 0.6) is 0 Å². The fourth-order valence-corrected chi connectivity index (χ4v) is 2.18. The topological polar surface area (TPSA) is 38.0 Å². The van der Waals surface area contributed by atoms with E-state index in [0.717, 1.165) is 12.1 Å². The lowest BCUT2D eigenvalue weighted by Gasteiger charge is -2.11. The Kier molecular flexibility index (Phi) is 15.4. The molecule has 0 amide bonds. The van der Waals surface area contributed by atoms with Crippen LogP contribution in [0.25, 0.3) is 0 Å². The molecule has 1 rings (SSSR count). The van der Waals surface area contributed by atoms with Crippen LogP contribution in [0.1, 0.15) is 45.1 Å². The summed E-state index contributed by atoms with van der Waals surface area (Å²) in [7, 11) is 0. The minimum Gasteiger partial charge on any atom is -0.382 e. The highest BCUT2D eigenvalue weighted by molar-refractivity contribution is 5.18. The van der Waals surface area contributed by atoms with Crippen LogP contribution in [0.2, 0.25) is 0 Å². The van der Waals surface area contributed by atoms with Crippen molar-refractivity contribution >= 4 is 0 Å². The standard InChI is InChI=1S/C20H30N2.C3H6/c1-18(22-19(2)17-21)13-9-6-4-3-5-7-10-14-20-15-11-8-12-16-20;1-3-2/h4,6,8-9,11-13,15-16,19,22H,1,3,5,7,10,14,17,21H2,2H3;3H,1H2,2H3/b6-4+,13-9+;. The third-order valence-corrected chi connectivity index (χ3v) is 3.51. The van der Waals surface area contributed by atoms with Gasteiger partial charge in [0.2, 0.25) is 0 Å². The fourth-order valence-electron chi connectivity index (χ4n) is 2.18. The van der Waals surface area contributed by atoms with E-state index in [9.17, 15) is 0 Å². The van der Waals surface area contributed by atoms with Gasteiger partial charge < -0.3 is 11.1 Å². The Morgan fingerprint density at radius 3 is 2.48 bits per heavy atom. The molecule has 0 heterocycles. The molecular weight excluding hydrogens is 304 g/mol. The third kappa shape index (κ3) is 15.2. The van der Waals surface area contributed by atoms with Gasteiger partial charge in [-0.05, 0) is 51.2 Å². The van der Waals surface area contributed by atoms with Crippen molar-refractivity contribution in [1.29, 1.82) is 0 Å². The molecule has 1 unspecified atom stereocenters. The van der Waals surface area contributed by atoms with Crippen molar-refractivity contribution in [1.82, 2.24) is 5.32 Å². The minimum absolute atomic E-state index is 0.269. The minimum atomic E-state index is 0.269.